The van der Waals surface area contributed by atoms with Gasteiger partial charge in [0, 0.05) is 25.4 Å². The van der Waals surface area contributed by atoms with Gasteiger partial charge in [-0.15, -0.1) is 0 Å². The van der Waals surface area contributed by atoms with E-state index in [-0.39, 0.29) is 17.1 Å². The molecule has 0 spiro atoms. The van der Waals surface area contributed by atoms with Crippen LogP contribution < -0.4 is 0 Å². The van der Waals surface area contributed by atoms with Crippen LogP contribution in [0.25, 0.3) is 10.8 Å². The van der Waals surface area contributed by atoms with Gasteiger partial charge in [-0.1, -0.05) is 56.3 Å². The first-order chi connectivity index (χ1) is 11.4. The smallest absolute Gasteiger partial charge is 0.138 e. The molecule has 0 amide bonds. The fourth-order valence-electron chi connectivity index (χ4n) is 4.01. The van der Waals surface area contributed by atoms with E-state index in [4.69, 9.17) is 0 Å². The van der Waals surface area contributed by atoms with E-state index >= 15 is 0 Å². The van der Waals surface area contributed by atoms with E-state index in [9.17, 15) is 9.90 Å². The fourth-order valence-corrected chi connectivity index (χ4v) is 4.01. The first kappa shape index (κ1) is 17.1. The number of ketones is 1. The maximum absolute atomic E-state index is 12.9. The van der Waals surface area contributed by atoms with Crippen molar-refractivity contribution in [1.29, 1.82) is 0 Å². The van der Waals surface area contributed by atoms with Gasteiger partial charge in [0.15, 0.2) is 0 Å². The van der Waals surface area contributed by atoms with E-state index < -0.39 is 6.10 Å². The number of rotatable bonds is 4. The number of likely N-dealkylation sites (tertiary alicyclic amines) is 1. The molecule has 24 heavy (non-hydrogen) atoms. The van der Waals surface area contributed by atoms with E-state index in [2.05, 4.69) is 55.1 Å². The van der Waals surface area contributed by atoms with E-state index in [0.29, 0.717) is 19.4 Å². The zero-order chi connectivity index (χ0) is 17.3. The molecule has 3 nitrogen and oxygen atoms in total. The van der Waals surface area contributed by atoms with Crippen LogP contribution in [0.3, 0.4) is 0 Å². The molecule has 1 saturated heterocycles. The lowest BCUT2D eigenvalue weighted by atomic mass is 9.75. The van der Waals surface area contributed by atoms with Crippen LogP contribution >= 0.6 is 0 Å². The van der Waals surface area contributed by atoms with Gasteiger partial charge in [0.2, 0.25) is 0 Å². The molecule has 1 heterocycles. The summed E-state index contributed by atoms with van der Waals surface area (Å²) in [6, 6.07) is 14.7. The molecule has 2 aromatic rings. The molecule has 2 aromatic carbocycles. The van der Waals surface area contributed by atoms with E-state index in [1.54, 1.807) is 0 Å². The van der Waals surface area contributed by atoms with Crippen LogP contribution in [0.15, 0.2) is 42.5 Å². The highest BCUT2D eigenvalue weighted by molar-refractivity contribution is 5.88. The third-order valence-corrected chi connectivity index (χ3v) is 5.20. The number of Topliss-reactive ketones (excluding diaryl/α,β-unsaturated/α-hetero) is 1. The van der Waals surface area contributed by atoms with Gasteiger partial charge in [-0.2, -0.15) is 0 Å². The summed E-state index contributed by atoms with van der Waals surface area (Å²) in [5, 5.41) is 12.4. The monoisotopic (exact) mass is 325 g/mol. The van der Waals surface area contributed by atoms with Gasteiger partial charge in [0.05, 0.1) is 6.10 Å². The summed E-state index contributed by atoms with van der Waals surface area (Å²) < 4.78 is 0. The number of benzene rings is 2. The molecule has 1 N–H and O–H groups in total. The van der Waals surface area contributed by atoms with Crippen molar-refractivity contribution in [1.82, 2.24) is 4.90 Å². The Morgan fingerprint density at radius 2 is 1.88 bits per heavy atom. The average Bonchev–Trinajstić information content (AvgIpc) is 2.53. The number of nitrogens with zero attached hydrogens (tertiary/aromatic N) is 1. The van der Waals surface area contributed by atoms with Gasteiger partial charge in [-0.3, -0.25) is 4.79 Å². The third kappa shape index (κ3) is 3.52. The van der Waals surface area contributed by atoms with Crippen LogP contribution in [-0.4, -0.2) is 42.0 Å². The zero-order valence-electron chi connectivity index (χ0n) is 14.8. The summed E-state index contributed by atoms with van der Waals surface area (Å²) in [7, 11) is 1.97. The van der Waals surface area contributed by atoms with Crippen LogP contribution in [0.1, 0.15) is 32.3 Å². The number of aliphatic hydroxyl groups excluding tert-OH is 1. The first-order valence-corrected chi connectivity index (χ1v) is 8.74. The number of piperidine rings is 1. The number of β-amino-alcohol motifs (C(OH)–C–C–N with tert-alkyl or cyclic N) is 1. The Labute approximate surface area is 144 Å². The minimum Gasteiger partial charge on any atom is -0.392 e. The summed E-state index contributed by atoms with van der Waals surface area (Å²) in [4.78, 5) is 14.9. The van der Waals surface area contributed by atoms with Crippen molar-refractivity contribution in [3.05, 3.63) is 48.0 Å². The van der Waals surface area contributed by atoms with E-state index in [1.165, 1.54) is 16.3 Å². The maximum Gasteiger partial charge on any atom is 0.138 e. The van der Waals surface area contributed by atoms with Gasteiger partial charge in [-0.05, 0) is 35.2 Å². The largest absolute Gasteiger partial charge is 0.392 e. The molecule has 1 fully saturated rings. The molecule has 0 aliphatic carbocycles. The average molecular weight is 325 g/mol. The van der Waals surface area contributed by atoms with Crippen LogP contribution in [-0.2, 0) is 10.2 Å². The summed E-state index contributed by atoms with van der Waals surface area (Å²) in [5.74, 6) is 0.200. The Morgan fingerprint density at radius 1 is 1.17 bits per heavy atom. The summed E-state index contributed by atoms with van der Waals surface area (Å²) >= 11 is 0. The molecule has 0 aromatic heterocycles. The molecule has 2 atom stereocenters. The van der Waals surface area contributed by atoms with Gasteiger partial charge in [0.1, 0.15) is 5.78 Å². The molecular formula is C21H27NO2. The second-order valence-electron chi connectivity index (χ2n) is 7.86. The fraction of sp³-hybridized carbons (Fsp3) is 0.476. The van der Waals surface area contributed by atoms with E-state index in [1.807, 2.05) is 13.1 Å². The Bertz CT molecular complexity index is 722. The Balaban J connectivity index is 1.83. The molecule has 1 aliphatic heterocycles. The van der Waals surface area contributed by atoms with Crippen molar-refractivity contribution in [3.63, 3.8) is 0 Å². The second kappa shape index (κ2) is 6.66. The quantitative estimate of drug-likeness (QED) is 0.937. The molecule has 0 saturated carbocycles. The maximum atomic E-state index is 12.9. The molecular weight excluding hydrogens is 298 g/mol. The minimum absolute atomic E-state index is 0.0620. The molecule has 3 heteroatoms. The van der Waals surface area contributed by atoms with E-state index in [0.717, 1.165) is 6.54 Å². The molecule has 0 radical (unpaired) electrons. The third-order valence-electron chi connectivity index (χ3n) is 5.20. The predicted molar refractivity (Wildman–Crippen MR) is 98.2 cm³/mol. The summed E-state index contributed by atoms with van der Waals surface area (Å²) in [6.45, 7) is 5.71. The van der Waals surface area contributed by atoms with Crippen molar-refractivity contribution in [3.8, 4) is 0 Å². The van der Waals surface area contributed by atoms with Gasteiger partial charge >= 0.3 is 0 Å². The number of aliphatic hydroxyl groups is 1. The zero-order valence-corrected chi connectivity index (χ0v) is 14.8. The molecule has 3 rings (SSSR count). The number of fused-ring (bicyclic) bond motifs is 1. The van der Waals surface area contributed by atoms with Crippen molar-refractivity contribution in [2.75, 3.05) is 20.1 Å². The van der Waals surface area contributed by atoms with Crippen molar-refractivity contribution in [2.24, 2.45) is 5.92 Å². The Morgan fingerprint density at radius 3 is 2.62 bits per heavy atom. The normalized spacial score (nSPS) is 22.7. The predicted octanol–water partition coefficient (Wildman–Crippen LogP) is 3.39. The van der Waals surface area contributed by atoms with Crippen molar-refractivity contribution < 1.29 is 9.90 Å². The summed E-state index contributed by atoms with van der Waals surface area (Å²) in [5.41, 5.74) is 0.998. The molecule has 0 bridgehead atoms. The standard InChI is InChI=1S/C21H27NO2/c1-21(2,12-20(24)16-11-17(23)14-22(3)13-16)19-10-6-8-15-7-4-5-9-18(15)19/h4-10,16-17,23H,11-14H2,1-3H3. The van der Waals surface area contributed by atoms with Gasteiger partial charge < -0.3 is 10.0 Å². The minimum atomic E-state index is -0.390. The Kier molecular flexibility index (Phi) is 4.75. The lowest BCUT2D eigenvalue weighted by Crippen LogP contribution is -2.44. The second-order valence-corrected chi connectivity index (χ2v) is 7.86. The highest BCUT2D eigenvalue weighted by atomic mass is 16.3. The van der Waals surface area contributed by atoms with Crippen molar-refractivity contribution >= 4 is 16.6 Å². The highest BCUT2D eigenvalue weighted by Gasteiger charge is 2.33. The number of carbonyl (C=O) groups is 1. The summed E-state index contributed by atoms with van der Waals surface area (Å²) in [6.07, 6.45) is 0.708. The van der Waals surface area contributed by atoms with Crippen LogP contribution in [0, 0.1) is 5.92 Å². The number of carbonyl (C=O) groups excluding carboxylic acids is 1. The molecule has 1 aliphatic rings. The number of hydrogen-bond acceptors (Lipinski definition) is 3. The van der Waals surface area contributed by atoms with Gasteiger partial charge in [0.25, 0.3) is 0 Å². The molecule has 2 unspecified atom stereocenters. The number of likely N-dealkylation sites (N-methyl/N-ethyl adjacent to an activating group) is 1. The Hall–Kier alpha value is -1.71. The lowest BCUT2D eigenvalue weighted by Gasteiger charge is -2.34. The first-order valence-electron chi connectivity index (χ1n) is 8.74. The lowest BCUT2D eigenvalue weighted by molar-refractivity contribution is -0.127. The van der Waals surface area contributed by atoms with Crippen molar-refractivity contribution in [2.45, 2.75) is 38.2 Å². The topological polar surface area (TPSA) is 40.5 Å². The van der Waals surface area contributed by atoms with Crippen LogP contribution in [0.2, 0.25) is 0 Å². The SMILES string of the molecule is CN1CC(O)CC(C(=O)CC(C)(C)c2cccc3ccccc23)C1. The molecule has 128 valence electrons. The number of hydrogen-bond donors (Lipinski definition) is 1. The highest BCUT2D eigenvalue weighted by Crippen LogP contribution is 2.34. The van der Waals surface area contributed by atoms with Gasteiger partial charge in [-0.25, -0.2) is 0 Å². The van der Waals surface area contributed by atoms with Crippen LogP contribution in [0.4, 0.5) is 0 Å². The van der Waals surface area contributed by atoms with Crippen LogP contribution in [0.5, 0.6) is 0 Å².